The molecule has 98 valence electrons. The zero-order valence-electron chi connectivity index (χ0n) is 11.3. The van der Waals surface area contributed by atoms with Crippen molar-refractivity contribution in [2.75, 3.05) is 31.6 Å². The van der Waals surface area contributed by atoms with Gasteiger partial charge < -0.3 is 15.0 Å². The molecule has 1 heterocycles. The highest BCUT2D eigenvalue weighted by Gasteiger charge is 2.34. The molecule has 1 N–H and O–H groups in total. The maximum atomic E-state index is 5.33. The smallest absolute Gasteiger partial charge is 0.121 e. The summed E-state index contributed by atoms with van der Waals surface area (Å²) in [7, 11) is 1.73. The van der Waals surface area contributed by atoms with Crippen LogP contribution in [0.15, 0.2) is 18.2 Å². The number of benzene rings is 1. The first-order valence-corrected chi connectivity index (χ1v) is 6.91. The molecule has 3 heteroatoms. The van der Waals surface area contributed by atoms with Gasteiger partial charge in [0.15, 0.2) is 0 Å². The van der Waals surface area contributed by atoms with Gasteiger partial charge in [0.2, 0.25) is 0 Å². The fraction of sp³-hybridized carbons (Fsp3) is 0.600. The third-order valence-corrected chi connectivity index (χ3v) is 4.14. The van der Waals surface area contributed by atoms with Gasteiger partial charge in [-0.1, -0.05) is 0 Å². The average Bonchev–Trinajstić information content (AvgIpc) is 3.23. The average molecular weight is 246 g/mol. The molecule has 1 saturated carbocycles. The minimum Gasteiger partial charge on any atom is -0.496 e. The van der Waals surface area contributed by atoms with Gasteiger partial charge in [0.05, 0.1) is 7.11 Å². The molecule has 1 aromatic carbocycles. The van der Waals surface area contributed by atoms with Gasteiger partial charge in [-0.3, -0.25) is 0 Å². The molecule has 18 heavy (non-hydrogen) atoms. The van der Waals surface area contributed by atoms with Crippen LogP contribution in [0.1, 0.15) is 18.4 Å². The molecule has 3 rings (SSSR count). The van der Waals surface area contributed by atoms with Gasteiger partial charge in [-0.25, -0.2) is 0 Å². The van der Waals surface area contributed by atoms with E-state index in [1.165, 1.54) is 24.1 Å². The molecule has 0 bridgehead atoms. The van der Waals surface area contributed by atoms with Crippen LogP contribution in [0.2, 0.25) is 0 Å². The van der Waals surface area contributed by atoms with E-state index in [-0.39, 0.29) is 0 Å². The number of nitrogens with zero attached hydrogens (tertiary/aromatic N) is 1. The number of rotatable bonds is 3. The van der Waals surface area contributed by atoms with Crippen molar-refractivity contribution in [1.82, 2.24) is 5.32 Å². The van der Waals surface area contributed by atoms with Crippen LogP contribution in [0, 0.1) is 12.8 Å². The van der Waals surface area contributed by atoms with Gasteiger partial charge in [-0.05, 0) is 49.4 Å². The van der Waals surface area contributed by atoms with Gasteiger partial charge in [0.1, 0.15) is 5.75 Å². The zero-order valence-corrected chi connectivity index (χ0v) is 11.3. The SMILES string of the molecule is COc1ccc(N2CCNC(C3CC3)C2)cc1C. The number of methoxy groups -OCH3 is 1. The molecule has 0 aromatic heterocycles. The molecule has 0 amide bonds. The van der Waals surface area contributed by atoms with Crippen LogP contribution < -0.4 is 15.0 Å². The lowest BCUT2D eigenvalue weighted by atomic mass is 10.1. The van der Waals surface area contributed by atoms with E-state index < -0.39 is 0 Å². The van der Waals surface area contributed by atoms with E-state index in [0.29, 0.717) is 6.04 Å². The number of anilines is 1. The van der Waals surface area contributed by atoms with E-state index in [4.69, 9.17) is 4.74 Å². The van der Waals surface area contributed by atoms with Crippen LogP contribution in [0.4, 0.5) is 5.69 Å². The van der Waals surface area contributed by atoms with Gasteiger partial charge in [0.25, 0.3) is 0 Å². The van der Waals surface area contributed by atoms with Crippen molar-refractivity contribution >= 4 is 5.69 Å². The second-order valence-electron chi connectivity index (χ2n) is 5.50. The zero-order chi connectivity index (χ0) is 12.5. The van der Waals surface area contributed by atoms with E-state index in [2.05, 4.69) is 35.3 Å². The van der Waals surface area contributed by atoms with Crippen molar-refractivity contribution in [2.24, 2.45) is 5.92 Å². The first-order chi connectivity index (χ1) is 8.78. The van der Waals surface area contributed by atoms with E-state index in [9.17, 15) is 0 Å². The highest BCUT2D eigenvalue weighted by Crippen LogP contribution is 2.34. The molecule has 1 aliphatic heterocycles. The summed E-state index contributed by atoms with van der Waals surface area (Å²) in [5.41, 5.74) is 2.55. The second kappa shape index (κ2) is 4.81. The van der Waals surface area contributed by atoms with Gasteiger partial charge in [-0.15, -0.1) is 0 Å². The Morgan fingerprint density at radius 2 is 2.17 bits per heavy atom. The molecule has 2 aliphatic rings. The van der Waals surface area contributed by atoms with Crippen molar-refractivity contribution in [3.05, 3.63) is 23.8 Å². The lowest BCUT2D eigenvalue weighted by Crippen LogP contribution is -2.51. The molecule has 1 atom stereocenters. The molecule has 0 spiro atoms. The maximum Gasteiger partial charge on any atom is 0.121 e. The minimum atomic E-state index is 0.696. The van der Waals surface area contributed by atoms with Gasteiger partial charge in [-0.2, -0.15) is 0 Å². The van der Waals surface area contributed by atoms with Crippen LogP contribution in [0.25, 0.3) is 0 Å². The molecule has 1 unspecified atom stereocenters. The summed E-state index contributed by atoms with van der Waals surface area (Å²) in [5, 5.41) is 3.65. The molecule has 1 aromatic rings. The van der Waals surface area contributed by atoms with E-state index in [1.54, 1.807) is 7.11 Å². The molecule has 1 saturated heterocycles. The summed E-state index contributed by atoms with van der Waals surface area (Å²) in [6.45, 7) is 5.47. The predicted octanol–water partition coefficient (Wildman–Crippen LogP) is 2.19. The molecular weight excluding hydrogens is 224 g/mol. The van der Waals surface area contributed by atoms with E-state index in [1.807, 2.05) is 0 Å². The Morgan fingerprint density at radius 1 is 1.33 bits per heavy atom. The molecule has 3 nitrogen and oxygen atoms in total. The summed E-state index contributed by atoms with van der Waals surface area (Å²) in [6, 6.07) is 7.20. The molecule has 0 radical (unpaired) electrons. The van der Waals surface area contributed by atoms with Crippen molar-refractivity contribution < 1.29 is 4.74 Å². The van der Waals surface area contributed by atoms with Crippen LogP contribution in [0.5, 0.6) is 5.75 Å². The number of aryl methyl sites for hydroxylation is 1. The van der Waals surface area contributed by atoms with Crippen LogP contribution >= 0.6 is 0 Å². The Labute approximate surface area is 109 Å². The monoisotopic (exact) mass is 246 g/mol. The molecule has 2 fully saturated rings. The Balaban J connectivity index is 1.74. The summed E-state index contributed by atoms with van der Waals surface area (Å²) in [6.07, 6.45) is 2.82. The third kappa shape index (κ3) is 2.32. The Morgan fingerprint density at radius 3 is 2.83 bits per heavy atom. The van der Waals surface area contributed by atoms with Crippen molar-refractivity contribution in [2.45, 2.75) is 25.8 Å². The fourth-order valence-corrected chi connectivity index (χ4v) is 2.89. The fourth-order valence-electron chi connectivity index (χ4n) is 2.89. The highest BCUT2D eigenvalue weighted by molar-refractivity contribution is 5.53. The Hall–Kier alpha value is -1.22. The number of ether oxygens (including phenoxy) is 1. The summed E-state index contributed by atoms with van der Waals surface area (Å²) >= 11 is 0. The lowest BCUT2D eigenvalue weighted by molar-refractivity contribution is 0.410. The van der Waals surface area contributed by atoms with Crippen molar-refractivity contribution in [1.29, 1.82) is 0 Å². The Bertz CT molecular complexity index is 429. The second-order valence-corrected chi connectivity index (χ2v) is 5.50. The number of hydrogen-bond donors (Lipinski definition) is 1. The highest BCUT2D eigenvalue weighted by atomic mass is 16.5. The Kier molecular flexibility index (Phi) is 3.16. The summed E-state index contributed by atoms with van der Waals surface area (Å²) in [4.78, 5) is 2.51. The summed E-state index contributed by atoms with van der Waals surface area (Å²) < 4.78 is 5.33. The lowest BCUT2D eigenvalue weighted by Gasteiger charge is -2.35. The molecule has 1 aliphatic carbocycles. The molecular formula is C15H22N2O. The normalized spacial score (nSPS) is 24.1. The van der Waals surface area contributed by atoms with Crippen LogP contribution in [-0.4, -0.2) is 32.8 Å². The quantitative estimate of drug-likeness (QED) is 0.885. The number of hydrogen-bond acceptors (Lipinski definition) is 3. The number of piperazine rings is 1. The van der Waals surface area contributed by atoms with Crippen molar-refractivity contribution in [3.63, 3.8) is 0 Å². The minimum absolute atomic E-state index is 0.696. The predicted molar refractivity (Wildman–Crippen MR) is 74.5 cm³/mol. The summed E-state index contributed by atoms with van der Waals surface area (Å²) in [5.74, 6) is 1.90. The first-order valence-electron chi connectivity index (χ1n) is 6.91. The third-order valence-electron chi connectivity index (χ3n) is 4.14. The van der Waals surface area contributed by atoms with E-state index in [0.717, 1.165) is 31.3 Å². The topological polar surface area (TPSA) is 24.5 Å². The van der Waals surface area contributed by atoms with Crippen LogP contribution in [0.3, 0.4) is 0 Å². The van der Waals surface area contributed by atoms with Gasteiger partial charge in [0, 0.05) is 31.4 Å². The largest absolute Gasteiger partial charge is 0.496 e. The van der Waals surface area contributed by atoms with E-state index >= 15 is 0 Å². The standard InChI is InChI=1S/C15H22N2O/c1-11-9-13(5-6-15(11)18-2)17-8-7-16-14(10-17)12-3-4-12/h5-6,9,12,14,16H,3-4,7-8,10H2,1-2H3. The maximum absolute atomic E-state index is 5.33. The number of nitrogens with one attached hydrogen (secondary N) is 1. The van der Waals surface area contributed by atoms with Gasteiger partial charge >= 0.3 is 0 Å². The first kappa shape index (κ1) is 11.8. The van der Waals surface area contributed by atoms with Crippen LogP contribution in [-0.2, 0) is 0 Å². The van der Waals surface area contributed by atoms with Crippen molar-refractivity contribution in [3.8, 4) is 5.75 Å².